The van der Waals surface area contributed by atoms with Gasteiger partial charge < -0.3 is 26.2 Å². The van der Waals surface area contributed by atoms with Crippen molar-refractivity contribution >= 4 is 35.5 Å². The van der Waals surface area contributed by atoms with Crippen LogP contribution in [0.25, 0.3) is 0 Å². The number of thioether (sulfide) groups is 1. The quantitative estimate of drug-likeness (QED) is 0.259. The molecule has 28 heavy (non-hydrogen) atoms. The molecule has 0 bridgehead atoms. The Morgan fingerprint density at radius 2 is 2.00 bits per heavy atom. The number of aldehydes is 1. The van der Waals surface area contributed by atoms with Crippen LogP contribution in [0.15, 0.2) is 62.1 Å². The predicted molar refractivity (Wildman–Crippen MR) is 119 cm³/mol. The Hall–Kier alpha value is -2.78. The van der Waals surface area contributed by atoms with E-state index in [1.165, 1.54) is 6.92 Å². The normalized spacial score (nSPS) is 15.2. The topological polar surface area (TPSA) is 107 Å². The third kappa shape index (κ3) is 7.45. The summed E-state index contributed by atoms with van der Waals surface area (Å²) in [5, 5.41) is 3.95. The minimum atomic E-state index is 0.580. The molecule has 1 aromatic rings. The molecule has 1 aliphatic heterocycles. The summed E-state index contributed by atoms with van der Waals surface area (Å²) < 4.78 is 0. The number of carbonyl (C=O) groups excluding carboxylic acids is 1. The van der Waals surface area contributed by atoms with E-state index in [0.717, 1.165) is 40.0 Å². The number of hydrogen-bond donors (Lipinski definition) is 4. The fourth-order valence-corrected chi connectivity index (χ4v) is 2.88. The fourth-order valence-electron chi connectivity index (χ4n) is 2.06. The molecule has 1 aliphatic rings. The van der Waals surface area contributed by atoms with Crippen molar-refractivity contribution in [3.8, 4) is 0 Å². The van der Waals surface area contributed by atoms with Crippen LogP contribution < -0.4 is 21.9 Å². The summed E-state index contributed by atoms with van der Waals surface area (Å²) >= 11 is 1.57. The molecule has 8 nitrogen and oxygen atoms in total. The van der Waals surface area contributed by atoms with Crippen LogP contribution >= 0.6 is 11.8 Å². The number of benzene rings is 1. The highest BCUT2D eigenvalue weighted by atomic mass is 32.2. The van der Waals surface area contributed by atoms with Crippen molar-refractivity contribution in [3.63, 3.8) is 0 Å². The Bertz CT molecular complexity index is 754. The Morgan fingerprint density at radius 1 is 1.36 bits per heavy atom. The molecular formula is C19H29N7OS. The first-order chi connectivity index (χ1) is 13.5. The highest BCUT2D eigenvalue weighted by Gasteiger charge is 2.17. The van der Waals surface area contributed by atoms with Crippen LogP contribution in [0.3, 0.4) is 0 Å². The standard InChI is InChI=1S/C17H25N7S.C2H4O/c1-5-20-23-12(2)21-17-22-16(10-14(11-18)24(17)4)25-15-8-6-13(19-3)7-9-15;1-2-3/h6-11,19-20H,5,18H2,1-4H3,(H,21,22,23);2H,1H3/b14-11-;. The van der Waals surface area contributed by atoms with E-state index in [1.54, 1.807) is 18.0 Å². The van der Waals surface area contributed by atoms with Gasteiger partial charge in [-0.3, -0.25) is 0 Å². The Balaban J connectivity index is 0.00000122. The van der Waals surface area contributed by atoms with E-state index in [2.05, 4.69) is 38.3 Å². The second-order valence-electron chi connectivity index (χ2n) is 5.51. The molecule has 0 aromatic heterocycles. The van der Waals surface area contributed by atoms with Crippen LogP contribution in [-0.2, 0) is 4.79 Å². The number of anilines is 1. The molecule has 0 saturated heterocycles. The van der Waals surface area contributed by atoms with Gasteiger partial charge in [0, 0.05) is 37.4 Å². The largest absolute Gasteiger partial charge is 0.403 e. The number of rotatable bonds is 5. The van der Waals surface area contributed by atoms with E-state index in [9.17, 15) is 0 Å². The van der Waals surface area contributed by atoms with E-state index in [0.29, 0.717) is 5.96 Å². The van der Waals surface area contributed by atoms with Crippen molar-refractivity contribution in [3.05, 3.63) is 47.3 Å². The van der Waals surface area contributed by atoms with E-state index in [-0.39, 0.29) is 0 Å². The van der Waals surface area contributed by atoms with Gasteiger partial charge in [0.2, 0.25) is 5.96 Å². The summed E-state index contributed by atoms with van der Waals surface area (Å²) in [6.45, 7) is 6.13. The van der Waals surface area contributed by atoms with Gasteiger partial charge >= 0.3 is 0 Å². The Morgan fingerprint density at radius 3 is 2.54 bits per heavy atom. The van der Waals surface area contributed by atoms with Crippen molar-refractivity contribution in [2.24, 2.45) is 15.7 Å². The molecule has 0 aliphatic carbocycles. The molecule has 0 saturated carbocycles. The highest BCUT2D eigenvalue weighted by Crippen LogP contribution is 2.32. The lowest BCUT2D eigenvalue weighted by molar-refractivity contribution is -0.106. The minimum absolute atomic E-state index is 0.580. The number of aliphatic imine (C=N–C) groups is 2. The van der Waals surface area contributed by atoms with Gasteiger partial charge in [-0.05, 0) is 44.2 Å². The average Bonchev–Trinajstić information content (AvgIpc) is 2.70. The lowest BCUT2D eigenvalue weighted by atomic mass is 10.3. The number of allylic oxidation sites excluding steroid dienone is 1. The van der Waals surface area contributed by atoms with Gasteiger partial charge in [0.15, 0.2) is 0 Å². The van der Waals surface area contributed by atoms with Crippen molar-refractivity contribution < 1.29 is 4.79 Å². The van der Waals surface area contributed by atoms with Gasteiger partial charge in [0.25, 0.3) is 0 Å². The second kappa shape index (κ2) is 12.6. The molecule has 1 heterocycles. The lowest BCUT2D eigenvalue weighted by Gasteiger charge is -2.24. The predicted octanol–water partition coefficient (Wildman–Crippen LogP) is 2.50. The summed E-state index contributed by atoms with van der Waals surface area (Å²) in [4.78, 5) is 20.9. The Labute approximate surface area is 171 Å². The molecule has 5 N–H and O–H groups in total. The molecule has 152 valence electrons. The zero-order chi connectivity index (χ0) is 20.9. The number of carbonyl (C=O) groups is 1. The van der Waals surface area contributed by atoms with Crippen molar-refractivity contribution in [2.75, 3.05) is 26.0 Å². The maximum atomic E-state index is 8.81. The van der Waals surface area contributed by atoms with E-state index < -0.39 is 0 Å². The summed E-state index contributed by atoms with van der Waals surface area (Å²) in [5.41, 5.74) is 13.7. The third-order valence-electron chi connectivity index (χ3n) is 3.42. The second-order valence-corrected chi connectivity index (χ2v) is 6.60. The highest BCUT2D eigenvalue weighted by molar-refractivity contribution is 8.03. The van der Waals surface area contributed by atoms with Crippen LogP contribution in [-0.4, -0.2) is 43.6 Å². The average molecular weight is 404 g/mol. The lowest BCUT2D eigenvalue weighted by Crippen LogP contribution is -2.37. The van der Waals surface area contributed by atoms with Gasteiger partial charge in [-0.25, -0.2) is 10.4 Å². The maximum absolute atomic E-state index is 8.81. The molecule has 0 fully saturated rings. The molecule has 0 spiro atoms. The van der Waals surface area contributed by atoms with Crippen LogP contribution in [0.1, 0.15) is 20.8 Å². The molecule has 9 heteroatoms. The molecule has 0 amide bonds. The maximum Gasteiger partial charge on any atom is 0.232 e. The smallest absolute Gasteiger partial charge is 0.232 e. The van der Waals surface area contributed by atoms with E-state index in [4.69, 9.17) is 10.5 Å². The van der Waals surface area contributed by atoms with Gasteiger partial charge in [-0.1, -0.05) is 18.7 Å². The van der Waals surface area contributed by atoms with Gasteiger partial charge in [0.1, 0.15) is 17.2 Å². The van der Waals surface area contributed by atoms with Crippen LogP contribution in [0.5, 0.6) is 0 Å². The molecular weight excluding hydrogens is 374 g/mol. The molecule has 0 unspecified atom stereocenters. The number of hydrogen-bond acceptors (Lipinski definition) is 8. The Kier molecular flexibility index (Phi) is 10.4. The van der Waals surface area contributed by atoms with Crippen LogP contribution in [0.4, 0.5) is 5.69 Å². The van der Waals surface area contributed by atoms with Crippen molar-refractivity contribution in [2.45, 2.75) is 25.7 Å². The first-order valence-corrected chi connectivity index (χ1v) is 9.66. The zero-order valence-electron chi connectivity index (χ0n) is 17.0. The van der Waals surface area contributed by atoms with Gasteiger partial charge in [-0.15, -0.1) is 0 Å². The first-order valence-electron chi connectivity index (χ1n) is 8.84. The number of amidine groups is 1. The van der Waals surface area contributed by atoms with E-state index >= 15 is 0 Å². The third-order valence-corrected chi connectivity index (χ3v) is 4.34. The SMILES string of the molecule is CC=O.CCNN/C(C)=N/C1=NC(Sc2ccc(NC)cc2)=C/C(=C/N)N1C. The van der Waals surface area contributed by atoms with Gasteiger partial charge in [-0.2, -0.15) is 4.99 Å². The van der Waals surface area contributed by atoms with Crippen molar-refractivity contribution in [1.82, 2.24) is 15.8 Å². The first kappa shape index (κ1) is 23.3. The number of likely N-dealkylation sites (N-methyl/N-ethyl adjacent to an activating group) is 1. The van der Waals surface area contributed by atoms with E-state index in [1.807, 2.05) is 51.1 Å². The minimum Gasteiger partial charge on any atom is -0.403 e. The number of hydrazine groups is 1. The summed E-state index contributed by atoms with van der Waals surface area (Å²) in [6, 6.07) is 8.17. The van der Waals surface area contributed by atoms with Crippen LogP contribution in [0, 0.1) is 0 Å². The van der Waals surface area contributed by atoms with Crippen molar-refractivity contribution in [1.29, 1.82) is 0 Å². The molecule has 0 radical (unpaired) electrons. The monoisotopic (exact) mass is 403 g/mol. The summed E-state index contributed by atoms with van der Waals surface area (Å²) in [5.74, 6) is 1.31. The number of nitrogens with two attached hydrogens (primary N) is 1. The van der Waals surface area contributed by atoms with Gasteiger partial charge in [0.05, 0.1) is 5.70 Å². The number of nitrogens with zero attached hydrogens (tertiary/aromatic N) is 3. The molecule has 0 atom stereocenters. The summed E-state index contributed by atoms with van der Waals surface area (Å²) in [7, 11) is 3.79. The summed E-state index contributed by atoms with van der Waals surface area (Å²) in [6.07, 6.45) is 4.25. The molecule has 2 rings (SSSR count). The number of guanidine groups is 1. The zero-order valence-corrected chi connectivity index (χ0v) is 17.8. The fraction of sp³-hybridized carbons (Fsp3) is 0.316. The molecule has 1 aromatic carbocycles. The van der Waals surface area contributed by atoms with Crippen LogP contribution in [0.2, 0.25) is 0 Å². The number of nitrogens with one attached hydrogen (secondary N) is 3.